The molecule has 2 fully saturated rings. The lowest BCUT2D eigenvalue weighted by Crippen LogP contribution is -2.50. The number of piperidine rings is 2. The van der Waals surface area contributed by atoms with E-state index in [9.17, 15) is 14.3 Å². The van der Waals surface area contributed by atoms with Crippen LogP contribution in [0.2, 0.25) is 10.0 Å². The number of hydrogen-bond donors (Lipinski definition) is 1. The second kappa shape index (κ2) is 12.1. The van der Waals surface area contributed by atoms with E-state index in [2.05, 4.69) is 9.80 Å². The SMILES string of the molecule is Cc1c(Cl)ccc(OC2CCN(CC3CCN([C@H](C(=O)O)C(C)c4ccc(F)cc4)CC3)CC2)c1Cl. The first-order chi connectivity index (χ1) is 17.2. The zero-order chi connectivity index (χ0) is 25.8. The Morgan fingerprint density at radius 3 is 2.31 bits per heavy atom. The van der Waals surface area contributed by atoms with Gasteiger partial charge in [-0.25, -0.2) is 4.39 Å². The maximum Gasteiger partial charge on any atom is 0.321 e. The minimum Gasteiger partial charge on any atom is -0.489 e. The molecule has 1 unspecified atom stereocenters. The third-order valence-electron chi connectivity index (χ3n) is 7.79. The Hall–Kier alpha value is -1.86. The van der Waals surface area contributed by atoms with E-state index in [-0.39, 0.29) is 17.8 Å². The Labute approximate surface area is 223 Å². The maximum absolute atomic E-state index is 13.3. The summed E-state index contributed by atoms with van der Waals surface area (Å²) in [4.78, 5) is 16.7. The molecule has 0 spiro atoms. The molecule has 196 valence electrons. The van der Waals surface area contributed by atoms with Gasteiger partial charge in [-0.2, -0.15) is 0 Å². The Bertz CT molecular complexity index is 1040. The summed E-state index contributed by atoms with van der Waals surface area (Å²) < 4.78 is 19.5. The highest BCUT2D eigenvalue weighted by molar-refractivity contribution is 6.36. The molecule has 0 amide bonds. The van der Waals surface area contributed by atoms with Crippen LogP contribution < -0.4 is 4.74 Å². The molecule has 4 rings (SSSR count). The summed E-state index contributed by atoms with van der Waals surface area (Å²) in [6.07, 6.45) is 4.01. The molecule has 0 aromatic heterocycles. The summed E-state index contributed by atoms with van der Waals surface area (Å²) in [5, 5.41) is 11.2. The number of carboxylic acid groups (broad SMARTS) is 1. The Balaban J connectivity index is 1.24. The van der Waals surface area contributed by atoms with Gasteiger partial charge < -0.3 is 14.7 Å². The van der Waals surface area contributed by atoms with E-state index in [1.54, 1.807) is 12.1 Å². The Morgan fingerprint density at radius 2 is 1.69 bits per heavy atom. The quantitative estimate of drug-likeness (QED) is 0.431. The van der Waals surface area contributed by atoms with Crippen molar-refractivity contribution in [3.8, 4) is 5.75 Å². The molecular formula is C28H35Cl2FN2O3. The average Bonchev–Trinajstić information content (AvgIpc) is 2.87. The molecule has 0 bridgehead atoms. The largest absolute Gasteiger partial charge is 0.489 e. The highest BCUT2D eigenvalue weighted by atomic mass is 35.5. The van der Waals surface area contributed by atoms with Crippen molar-refractivity contribution in [3.05, 3.63) is 63.4 Å². The van der Waals surface area contributed by atoms with E-state index in [0.717, 1.165) is 69.5 Å². The molecule has 2 aromatic carbocycles. The molecule has 2 saturated heterocycles. The molecule has 8 heteroatoms. The number of likely N-dealkylation sites (tertiary alicyclic amines) is 2. The van der Waals surface area contributed by atoms with Gasteiger partial charge in [0.25, 0.3) is 0 Å². The lowest BCUT2D eigenvalue weighted by atomic mass is 9.88. The minimum absolute atomic E-state index is 0.144. The van der Waals surface area contributed by atoms with E-state index in [1.165, 1.54) is 12.1 Å². The van der Waals surface area contributed by atoms with Crippen molar-refractivity contribution >= 4 is 29.2 Å². The van der Waals surface area contributed by atoms with Gasteiger partial charge in [-0.1, -0.05) is 42.3 Å². The van der Waals surface area contributed by atoms with Gasteiger partial charge in [0.2, 0.25) is 0 Å². The fourth-order valence-corrected chi connectivity index (χ4v) is 5.95. The summed E-state index contributed by atoms with van der Waals surface area (Å²) >= 11 is 12.6. The molecule has 2 aliphatic heterocycles. The number of aliphatic carboxylic acids is 1. The molecule has 0 radical (unpaired) electrons. The number of carbonyl (C=O) groups is 1. The number of nitrogens with zero attached hydrogens (tertiary/aromatic N) is 2. The van der Waals surface area contributed by atoms with Crippen LogP contribution in [-0.4, -0.2) is 65.7 Å². The molecule has 36 heavy (non-hydrogen) atoms. The highest BCUT2D eigenvalue weighted by Gasteiger charge is 2.35. The van der Waals surface area contributed by atoms with Gasteiger partial charge in [0, 0.05) is 30.6 Å². The summed E-state index contributed by atoms with van der Waals surface area (Å²) in [5.41, 5.74) is 1.70. The normalized spacial score (nSPS) is 20.2. The third-order valence-corrected chi connectivity index (χ3v) is 8.67. The number of carboxylic acids is 1. The van der Waals surface area contributed by atoms with Crippen LogP contribution in [0.15, 0.2) is 36.4 Å². The molecule has 2 aliphatic rings. The van der Waals surface area contributed by atoms with Crippen molar-refractivity contribution in [2.75, 3.05) is 32.7 Å². The topological polar surface area (TPSA) is 53.0 Å². The van der Waals surface area contributed by atoms with E-state index in [1.807, 2.05) is 26.0 Å². The van der Waals surface area contributed by atoms with Gasteiger partial charge in [-0.3, -0.25) is 9.69 Å². The summed E-state index contributed by atoms with van der Waals surface area (Å²) in [5.74, 6) is -0.0760. The van der Waals surface area contributed by atoms with Gasteiger partial charge in [0.1, 0.15) is 23.7 Å². The number of halogens is 3. The number of hydrogen-bond acceptors (Lipinski definition) is 4. The van der Waals surface area contributed by atoms with Gasteiger partial charge in [0.05, 0.1) is 5.02 Å². The molecular weight excluding hydrogens is 502 g/mol. The molecule has 2 aromatic rings. The van der Waals surface area contributed by atoms with Crippen molar-refractivity contribution in [1.82, 2.24) is 9.80 Å². The van der Waals surface area contributed by atoms with E-state index < -0.39 is 12.0 Å². The zero-order valence-corrected chi connectivity index (χ0v) is 22.4. The second-order valence-electron chi connectivity index (χ2n) is 10.2. The van der Waals surface area contributed by atoms with Crippen molar-refractivity contribution < 1.29 is 19.0 Å². The lowest BCUT2D eigenvalue weighted by molar-refractivity contribution is -0.144. The summed E-state index contributed by atoms with van der Waals surface area (Å²) in [6, 6.07) is 9.25. The first-order valence-corrected chi connectivity index (χ1v) is 13.5. The molecule has 1 N–H and O–H groups in total. The Kier molecular flexibility index (Phi) is 9.15. The lowest BCUT2D eigenvalue weighted by Gasteiger charge is -2.40. The van der Waals surface area contributed by atoms with Crippen LogP contribution in [0.3, 0.4) is 0 Å². The van der Waals surface area contributed by atoms with Gasteiger partial charge in [-0.05, 0) is 87.0 Å². The predicted molar refractivity (Wildman–Crippen MR) is 142 cm³/mol. The average molecular weight is 538 g/mol. The fourth-order valence-electron chi connectivity index (χ4n) is 5.53. The smallest absolute Gasteiger partial charge is 0.321 e. The van der Waals surface area contributed by atoms with Gasteiger partial charge >= 0.3 is 5.97 Å². The van der Waals surface area contributed by atoms with Crippen molar-refractivity contribution in [3.63, 3.8) is 0 Å². The first-order valence-electron chi connectivity index (χ1n) is 12.8. The maximum atomic E-state index is 13.3. The van der Waals surface area contributed by atoms with Gasteiger partial charge in [-0.15, -0.1) is 0 Å². The van der Waals surface area contributed by atoms with Crippen molar-refractivity contribution in [2.24, 2.45) is 5.92 Å². The Morgan fingerprint density at radius 1 is 1.06 bits per heavy atom. The summed E-state index contributed by atoms with van der Waals surface area (Å²) in [6.45, 7) is 8.34. The standard InChI is InChI=1S/C28H35Cl2FN2O3/c1-18(21-3-5-22(31)6-4-21)27(28(34)35)33-15-9-20(10-16-33)17-32-13-11-23(12-14-32)36-25-8-7-24(29)19(2)26(25)30/h3-8,18,20,23,27H,9-17H2,1-2H3,(H,34,35)/t18?,27-/m0/s1. The molecule has 0 saturated carbocycles. The number of ether oxygens (including phenoxy) is 1. The van der Waals surface area contributed by atoms with Crippen LogP contribution in [0.5, 0.6) is 5.75 Å². The number of benzene rings is 2. The van der Waals surface area contributed by atoms with Crippen LogP contribution in [0.25, 0.3) is 0 Å². The van der Waals surface area contributed by atoms with Gasteiger partial charge in [0.15, 0.2) is 0 Å². The fraction of sp³-hybridized carbons (Fsp3) is 0.536. The third kappa shape index (κ3) is 6.52. The first kappa shape index (κ1) is 27.2. The number of rotatable bonds is 8. The molecule has 0 aliphatic carbocycles. The van der Waals surface area contributed by atoms with Crippen LogP contribution in [0.1, 0.15) is 49.7 Å². The van der Waals surface area contributed by atoms with E-state index >= 15 is 0 Å². The predicted octanol–water partition coefficient (Wildman–Crippen LogP) is 6.25. The highest BCUT2D eigenvalue weighted by Crippen LogP contribution is 2.34. The van der Waals surface area contributed by atoms with E-state index in [4.69, 9.17) is 27.9 Å². The van der Waals surface area contributed by atoms with Crippen molar-refractivity contribution in [1.29, 1.82) is 0 Å². The van der Waals surface area contributed by atoms with Crippen LogP contribution in [0, 0.1) is 18.7 Å². The molecule has 5 nitrogen and oxygen atoms in total. The van der Waals surface area contributed by atoms with Crippen LogP contribution >= 0.6 is 23.2 Å². The second-order valence-corrected chi connectivity index (χ2v) is 11.0. The molecule has 2 atom stereocenters. The van der Waals surface area contributed by atoms with Crippen LogP contribution in [-0.2, 0) is 4.79 Å². The summed E-state index contributed by atoms with van der Waals surface area (Å²) in [7, 11) is 0. The monoisotopic (exact) mass is 536 g/mol. The zero-order valence-electron chi connectivity index (χ0n) is 20.9. The van der Waals surface area contributed by atoms with E-state index in [0.29, 0.717) is 21.7 Å². The minimum atomic E-state index is -0.816. The molecule has 2 heterocycles. The van der Waals surface area contributed by atoms with Crippen molar-refractivity contribution in [2.45, 2.75) is 57.6 Å². The van der Waals surface area contributed by atoms with Crippen LogP contribution in [0.4, 0.5) is 4.39 Å².